The summed E-state index contributed by atoms with van der Waals surface area (Å²) in [6.07, 6.45) is -2.66. The molecule has 0 aromatic heterocycles. The lowest BCUT2D eigenvalue weighted by molar-refractivity contribution is -0.203. The maximum absolute atomic E-state index is 12.8. The number of amides is 2. The summed E-state index contributed by atoms with van der Waals surface area (Å²) in [6.45, 7) is 0.234. The van der Waals surface area contributed by atoms with Gasteiger partial charge in [-0.2, -0.15) is 13.2 Å². The number of carbonyl (C=O) groups is 2. The molecule has 0 saturated heterocycles. The van der Waals surface area contributed by atoms with E-state index in [1.165, 1.54) is 12.4 Å². The Hall–Kier alpha value is -1.51. The highest BCUT2D eigenvalue weighted by molar-refractivity contribution is 5.86. The van der Waals surface area contributed by atoms with E-state index in [-0.39, 0.29) is 6.54 Å². The second-order valence-corrected chi connectivity index (χ2v) is 5.65. The zero-order chi connectivity index (χ0) is 16.5. The molecular weight excluding hydrogens is 293 g/mol. The van der Waals surface area contributed by atoms with Gasteiger partial charge in [0.05, 0.1) is 12.1 Å². The van der Waals surface area contributed by atoms with Crippen molar-refractivity contribution in [1.29, 1.82) is 0 Å². The molecule has 0 aromatic carbocycles. The third-order valence-electron chi connectivity index (χ3n) is 3.76. The minimum atomic E-state index is -5.14. The zero-order valence-electron chi connectivity index (χ0n) is 11.8. The Morgan fingerprint density at radius 3 is 2.14 bits per heavy atom. The molecule has 1 aliphatic rings. The number of nitrogens with zero attached hydrogens (tertiary/aromatic N) is 1. The standard InChI is InChI=1S/C12H19F3N2O4/c1-10(8(18)19,12(13,14)15)16-9(20)17(2)7-11(21)5-3-4-6-11/h21H,3-7H2,1-2H3,(H,16,20)(H,18,19). The number of alkyl halides is 3. The number of urea groups is 1. The Bertz CT molecular complexity index is 421. The second kappa shape index (κ2) is 5.70. The summed E-state index contributed by atoms with van der Waals surface area (Å²) in [6, 6.07) is -1.20. The summed E-state index contributed by atoms with van der Waals surface area (Å²) >= 11 is 0. The van der Waals surface area contributed by atoms with Crippen LogP contribution in [-0.2, 0) is 4.79 Å². The SMILES string of the molecule is CN(CC1(O)CCCC1)C(=O)NC(C)(C(=O)O)C(F)(F)F. The first-order valence-electron chi connectivity index (χ1n) is 6.47. The van der Waals surface area contributed by atoms with Crippen LogP contribution in [0.3, 0.4) is 0 Å². The highest BCUT2D eigenvalue weighted by atomic mass is 19.4. The molecule has 1 fully saturated rings. The van der Waals surface area contributed by atoms with E-state index in [2.05, 4.69) is 0 Å². The van der Waals surface area contributed by atoms with Crippen LogP contribution in [0.4, 0.5) is 18.0 Å². The first-order valence-corrected chi connectivity index (χ1v) is 6.47. The van der Waals surface area contributed by atoms with Crippen molar-refractivity contribution in [3.63, 3.8) is 0 Å². The van der Waals surface area contributed by atoms with E-state index in [4.69, 9.17) is 5.11 Å². The summed E-state index contributed by atoms with van der Waals surface area (Å²) in [5.41, 5.74) is -4.50. The molecule has 1 unspecified atom stereocenters. The molecule has 122 valence electrons. The Labute approximate surface area is 119 Å². The van der Waals surface area contributed by atoms with Gasteiger partial charge in [0.2, 0.25) is 5.54 Å². The fraction of sp³-hybridized carbons (Fsp3) is 0.833. The summed E-state index contributed by atoms with van der Waals surface area (Å²) in [5, 5.41) is 20.3. The quantitative estimate of drug-likeness (QED) is 0.731. The number of hydrogen-bond acceptors (Lipinski definition) is 3. The molecule has 9 heteroatoms. The topological polar surface area (TPSA) is 89.9 Å². The molecule has 21 heavy (non-hydrogen) atoms. The number of hydrogen-bond donors (Lipinski definition) is 3. The third-order valence-corrected chi connectivity index (χ3v) is 3.76. The predicted molar refractivity (Wildman–Crippen MR) is 66.7 cm³/mol. The van der Waals surface area contributed by atoms with Crippen LogP contribution in [0.1, 0.15) is 32.6 Å². The van der Waals surface area contributed by atoms with Gasteiger partial charge in [0, 0.05) is 7.05 Å². The highest BCUT2D eigenvalue weighted by Crippen LogP contribution is 2.32. The van der Waals surface area contributed by atoms with E-state index in [1.54, 1.807) is 0 Å². The van der Waals surface area contributed by atoms with Crippen LogP contribution in [0.2, 0.25) is 0 Å². The van der Waals surface area contributed by atoms with Gasteiger partial charge in [-0.05, 0) is 19.8 Å². The van der Waals surface area contributed by atoms with Gasteiger partial charge in [-0.1, -0.05) is 12.8 Å². The van der Waals surface area contributed by atoms with Gasteiger partial charge in [0.1, 0.15) is 0 Å². The first-order chi connectivity index (χ1) is 9.41. The number of nitrogens with one attached hydrogen (secondary N) is 1. The normalized spacial score (nSPS) is 20.7. The molecule has 2 amide bonds. The fourth-order valence-corrected chi connectivity index (χ4v) is 2.26. The number of carbonyl (C=O) groups excluding carboxylic acids is 1. The molecule has 0 radical (unpaired) electrons. The van der Waals surface area contributed by atoms with Gasteiger partial charge in [-0.3, -0.25) is 0 Å². The minimum Gasteiger partial charge on any atom is -0.479 e. The van der Waals surface area contributed by atoms with E-state index in [0.717, 1.165) is 17.7 Å². The van der Waals surface area contributed by atoms with Gasteiger partial charge in [-0.15, -0.1) is 0 Å². The van der Waals surface area contributed by atoms with E-state index in [9.17, 15) is 27.9 Å². The minimum absolute atomic E-state index is 0.146. The molecule has 0 bridgehead atoms. The summed E-state index contributed by atoms with van der Waals surface area (Å²) in [5.74, 6) is -2.20. The van der Waals surface area contributed by atoms with Crippen LogP contribution in [0.25, 0.3) is 0 Å². The molecule has 1 aliphatic carbocycles. The van der Waals surface area contributed by atoms with E-state index in [0.29, 0.717) is 19.8 Å². The van der Waals surface area contributed by atoms with E-state index in [1.807, 2.05) is 0 Å². The maximum Gasteiger partial charge on any atom is 0.422 e. The van der Waals surface area contributed by atoms with Gasteiger partial charge in [0.15, 0.2) is 0 Å². The molecule has 3 N–H and O–H groups in total. The lowest BCUT2D eigenvalue weighted by Gasteiger charge is -2.33. The summed E-state index contributed by atoms with van der Waals surface area (Å²) in [7, 11) is 1.21. The summed E-state index contributed by atoms with van der Waals surface area (Å²) in [4.78, 5) is 23.5. The van der Waals surface area contributed by atoms with Crippen LogP contribution >= 0.6 is 0 Å². The highest BCUT2D eigenvalue weighted by Gasteiger charge is 2.58. The molecular formula is C12H19F3N2O4. The first kappa shape index (κ1) is 17.5. The number of aliphatic hydroxyl groups is 1. The number of carboxylic acids is 1. The number of rotatable bonds is 4. The smallest absolute Gasteiger partial charge is 0.422 e. The Kier molecular flexibility index (Phi) is 4.76. The number of halogens is 3. The lowest BCUT2D eigenvalue weighted by Crippen LogP contribution is -2.64. The van der Waals surface area contributed by atoms with Crippen molar-refractivity contribution in [2.45, 2.75) is 49.9 Å². The van der Waals surface area contributed by atoms with Crippen LogP contribution in [0.15, 0.2) is 0 Å². The molecule has 1 saturated carbocycles. The predicted octanol–water partition coefficient (Wildman–Crippen LogP) is 1.34. The van der Waals surface area contributed by atoms with Crippen molar-refractivity contribution in [2.24, 2.45) is 0 Å². The van der Waals surface area contributed by atoms with Gasteiger partial charge in [0.25, 0.3) is 0 Å². The number of aliphatic carboxylic acids is 1. The monoisotopic (exact) mass is 312 g/mol. The van der Waals surface area contributed by atoms with Crippen molar-refractivity contribution in [2.75, 3.05) is 13.6 Å². The molecule has 0 heterocycles. The molecule has 0 spiro atoms. The number of likely N-dealkylation sites (N-methyl/N-ethyl adjacent to an activating group) is 1. The van der Waals surface area contributed by atoms with Crippen LogP contribution in [0, 0.1) is 0 Å². The van der Waals surface area contributed by atoms with Crippen molar-refractivity contribution < 1.29 is 33.0 Å². The molecule has 0 aliphatic heterocycles. The largest absolute Gasteiger partial charge is 0.479 e. The molecule has 1 rings (SSSR count). The van der Waals surface area contributed by atoms with Crippen LogP contribution in [-0.4, -0.2) is 58.0 Å². The lowest BCUT2D eigenvalue weighted by atomic mass is 10.0. The van der Waals surface area contributed by atoms with E-state index >= 15 is 0 Å². The van der Waals surface area contributed by atoms with Crippen LogP contribution < -0.4 is 5.32 Å². The van der Waals surface area contributed by atoms with Crippen molar-refractivity contribution in [3.05, 3.63) is 0 Å². The zero-order valence-corrected chi connectivity index (χ0v) is 11.8. The van der Waals surface area contributed by atoms with Crippen molar-refractivity contribution >= 4 is 12.0 Å². The third kappa shape index (κ3) is 3.78. The Morgan fingerprint density at radius 1 is 1.29 bits per heavy atom. The second-order valence-electron chi connectivity index (χ2n) is 5.65. The molecule has 6 nitrogen and oxygen atoms in total. The molecule has 0 aromatic rings. The maximum atomic E-state index is 12.8. The van der Waals surface area contributed by atoms with Gasteiger partial charge >= 0.3 is 18.2 Å². The Balaban J connectivity index is 2.76. The fourth-order valence-electron chi connectivity index (χ4n) is 2.26. The average molecular weight is 312 g/mol. The average Bonchev–Trinajstić information content (AvgIpc) is 2.73. The van der Waals surface area contributed by atoms with Gasteiger partial charge in [-0.25, -0.2) is 9.59 Å². The summed E-state index contributed by atoms with van der Waals surface area (Å²) < 4.78 is 38.4. The number of carboxylic acid groups (broad SMARTS) is 1. The Morgan fingerprint density at radius 2 is 1.76 bits per heavy atom. The van der Waals surface area contributed by atoms with Crippen LogP contribution in [0.5, 0.6) is 0 Å². The van der Waals surface area contributed by atoms with E-state index < -0.39 is 29.3 Å². The van der Waals surface area contributed by atoms with Crippen molar-refractivity contribution in [3.8, 4) is 0 Å². The molecule has 1 atom stereocenters. The van der Waals surface area contributed by atoms with Gasteiger partial charge < -0.3 is 20.4 Å². The van der Waals surface area contributed by atoms with Crippen molar-refractivity contribution in [1.82, 2.24) is 10.2 Å².